The number of hydrogen-bond donors (Lipinski definition) is 1. The number of anilines is 1. The number of carbonyl (C=O) groups is 1. The van der Waals surface area contributed by atoms with Gasteiger partial charge in [0.1, 0.15) is 16.5 Å². The zero-order valence-corrected chi connectivity index (χ0v) is 16.4. The SMILES string of the molecule is CC[C@@H](Oc1cccc(OC)c1)C(=O)Nc1nnc(-c2ccc(Cl)cc2)s1. The smallest absolute Gasteiger partial charge is 0.267 e. The summed E-state index contributed by atoms with van der Waals surface area (Å²) >= 11 is 7.19. The minimum atomic E-state index is -0.653. The summed E-state index contributed by atoms with van der Waals surface area (Å²) in [5.41, 5.74) is 0.886. The summed E-state index contributed by atoms with van der Waals surface area (Å²) in [4.78, 5) is 12.5. The summed E-state index contributed by atoms with van der Waals surface area (Å²) in [6, 6.07) is 14.4. The number of carbonyl (C=O) groups excluding carboxylic acids is 1. The van der Waals surface area contributed by atoms with Gasteiger partial charge in [-0.2, -0.15) is 0 Å². The molecule has 1 aromatic heterocycles. The Bertz CT molecular complexity index is 915. The van der Waals surface area contributed by atoms with E-state index in [1.807, 2.05) is 31.2 Å². The zero-order valence-electron chi connectivity index (χ0n) is 14.8. The van der Waals surface area contributed by atoms with Crippen molar-refractivity contribution < 1.29 is 14.3 Å². The van der Waals surface area contributed by atoms with Gasteiger partial charge in [0.15, 0.2) is 6.10 Å². The Morgan fingerprint density at radius 1 is 1.19 bits per heavy atom. The van der Waals surface area contributed by atoms with E-state index >= 15 is 0 Å². The van der Waals surface area contributed by atoms with Gasteiger partial charge in [0, 0.05) is 16.7 Å². The van der Waals surface area contributed by atoms with E-state index in [-0.39, 0.29) is 5.91 Å². The average molecular weight is 404 g/mol. The number of methoxy groups -OCH3 is 1. The van der Waals surface area contributed by atoms with E-state index in [2.05, 4.69) is 15.5 Å². The molecule has 1 N–H and O–H groups in total. The third-order valence-electron chi connectivity index (χ3n) is 3.73. The van der Waals surface area contributed by atoms with E-state index in [1.165, 1.54) is 11.3 Å². The average Bonchev–Trinajstić information content (AvgIpc) is 3.15. The Balaban J connectivity index is 1.67. The van der Waals surface area contributed by atoms with E-state index in [1.54, 1.807) is 31.4 Å². The Morgan fingerprint density at radius 3 is 2.63 bits per heavy atom. The number of nitrogens with one attached hydrogen (secondary N) is 1. The monoisotopic (exact) mass is 403 g/mol. The van der Waals surface area contributed by atoms with E-state index in [0.717, 1.165) is 5.56 Å². The molecule has 0 fully saturated rings. The van der Waals surface area contributed by atoms with E-state index < -0.39 is 6.10 Å². The minimum Gasteiger partial charge on any atom is -0.497 e. The largest absolute Gasteiger partial charge is 0.497 e. The Kier molecular flexibility index (Phi) is 6.26. The predicted molar refractivity (Wildman–Crippen MR) is 107 cm³/mol. The molecule has 1 heterocycles. The quantitative estimate of drug-likeness (QED) is 0.620. The van der Waals surface area contributed by atoms with Crippen LogP contribution < -0.4 is 14.8 Å². The Labute approximate surface area is 166 Å². The number of amides is 1. The van der Waals surface area contributed by atoms with Crippen molar-refractivity contribution in [2.75, 3.05) is 12.4 Å². The highest BCUT2D eigenvalue weighted by atomic mass is 35.5. The maximum Gasteiger partial charge on any atom is 0.267 e. The van der Waals surface area contributed by atoms with Crippen molar-refractivity contribution in [2.45, 2.75) is 19.4 Å². The Hall–Kier alpha value is -2.64. The van der Waals surface area contributed by atoms with Gasteiger partial charge >= 0.3 is 0 Å². The third-order valence-corrected chi connectivity index (χ3v) is 4.87. The predicted octanol–water partition coefficient (Wildman–Crippen LogP) is 4.66. The van der Waals surface area contributed by atoms with E-state index in [4.69, 9.17) is 21.1 Å². The van der Waals surface area contributed by atoms with Crippen LogP contribution in [0.4, 0.5) is 5.13 Å². The summed E-state index contributed by atoms with van der Waals surface area (Å²) in [6.07, 6.45) is -0.147. The molecule has 0 aliphatic heterocycles. The number of aromatic nitrogens is 2. The fourth-order valence-electron chi connectivity index (χ4n) is 2.33. The first-order valence-corrected chi connectivity index (χ1v) is 9.49. The van der Waals surface area contributed by atoms with Crippen molar-refractivity contribution in [2.24, 2.45) is 0 Å². The van der Waals surface area contributed by atoms with Crippen molar-refractivity contribution >= 4 is 34.0 Å². The fraction of sp³-hybridized carbons (Fsp3) is 0.211. The van der Waals surface area contributed by atoms with Crippen LogP contribution in [0.1, 0.15) is 13.3 Å². The highest BCUT2D eigenvalue weighted by Gasteiger charge is 2.20. The van der Waals surface area contributed by atoms with Crippen LogP contribution in [-0.4, -0.2) is 29.3 Å². The molecular weight excluding hydrogens is 386 g/mol. The van der Waals surface area contributed by atoms with Gasteiger partial charge in [-0.3, -0.25) is 10.1 Å². The summed E-state index contributed by atoms with van der Waals surface area (Å²) in [6.45, 7) is 1.88. The normalized spacial score (nSPS) is 11.7. The molecule has 6 nitrogen and oxygen atoms in total. The maximum atomic E-state index is 12.5. The van der Waals surface area contributed by atoms with Crippen LogP contribution in [-0.2, 0) is 4.79 Å². The van der Waals surface area contributed by atoms with Gasteiger partial charge in [-0.15, -0.1) is 10.2 Å². The number of ether oxygens (including phenoxy) is 2. The minimum absolute atomic E-state index is 0.279. The summed E-state index contributed by atoms with van der Waals surface area (Å²) in [7, 11) is 1.58. The van der Waals surface area contributed by atoms with Crippen LogP contribution in [0.2, 0.25) is 5.02 Å². The van der Waals surface area contributed by atoms with Gasteiger partial charge < -0.3 is 9.47 Å². The summed E-state index contributed by atoms with van der Waals surface area (Å²) in [5, 5.41) is 12.7. The topological polar surface area (TPSA) is 73.3 Å². The van der Waals surface area contributed by atoms with Gasteiger partial charge in [-0.05, 0) is 30.7 Å². The van der Waals surface area contributed by atoms with E-state index in [0.29, 0.717) is 33.1 Å². The fourth-order valence-corrected chi connectivity index (χ4v) is 3.21. The number of halogens is 1. The molecule has 0 aliphatic rings. The van der Waals surface area contributed by atoms with Crippen molar-refractivity contribution in [1.82, 2.24) is 10.2 Å². The van der Waals surface area contributed by atoms with Crippen LogP contribution in [0.25, 0.3) is 10.6 Å². The summed E-state index contributed by atoms with van der Waals surface area (Å²) in [5.74, 6) is 0.953. The molecule has 1 amide bonds. The van der Waals surface area contributed by atoms with Crippen molar-refractivity contribution in [3.8, 4) is 22.1 Å². The van der Waals surface area contributed by atoms with Crippen LogP contribution in [0.15, 0.2) is 48.5 Å². The Morgan fingerprint density at radius 2 is 1.93 bits per heavy atom. The molecule has 0 spiro atoms. The molecule has 1 atom stereocenters. The lowest BCUT2D eigenvalue weighted by atomic mass is 10.2. The van der Waals surface area contributed by atoms with Crippen molar-refractivity contribution in [1.29, 1.82) is 0 Å². The zero-order chi connectivity index (χ0) is 19.2. The second kappa shape index (κ2) is 8.83. The standard InChI is InChI=1S/C19H18ClN3O3S/c1-3-16(26-15-6-4-5-14(11-15)25-2)17(24)21-19-23-22-18(27-19)12-7-9-13(20)10-8-12/h4-11,16H,3H2,1-2H3,(H,21,23,24)/t16-/m1/s1. The molecule has 0 unspecified atom stereocenters. The number of hydrogen-bond acceptors (Lipinski definition) is 6. The van der Waals surface area contributed by atoms with Crippen molar-refractivity contribution in [3.05, 3.63) is 53.6 Å². The highest BCUT2D eigenvalue weighted by Crippen LogP contribution is 2.28. The first-order valence-electron chi connectivity index (χ1n) is 8.30. The molecule has 0 bridgehead atoms. The maximum absolute atomic E-state index is 12.5. The summed E-state index contributed by atoms with van der Waals surface area (Å²) < 4.78 is 11.0. The molecule has 0 aliphatic carbocycles. The molecule has 2 aromatic carbocycles. The lowest BCUT2D eigenvalue weighted by Crippen LogP contribution is -2.32. The van der Waals surface area contributed by atoms with Crippen LogP contribution >= 0.6 is 22.9 Å². The van der Waals surface area contributed by atoms with Gasteiger partial charge in [-0.25, -0.2) is 0 Å². The number of benzene rings is 2. The van der Waals surface area contributed by atoms with Crippen LogP contribution in [0.5, 0.6) is 11.5 Å². The second-order valence-corrected chi connectivity index (χ2v) is 7.02. The van der Waals surface area contributed by atoms with Gasteiger partial charge in [0.05, 0.1) is 7.11 Å². The van der Waals surface area contributed by atoms with Gasteiger partial charge in [-0.1, -0.05) is 48.1 Å². The lowest BCUT2D eigenvalue weighted by molar-refractivity contribution is -0.122. The molecular formula is C19H18ClN3O3S. The van der Waals surface area contributed by atoms with Gasteiger partial charge in [0.2, 0.25) is 5.13 Å². The first kappa shape index (κ1) is 19.1. The lowest BCUT2D eigenvalue weighted by Gasteiger charge is -2.16. The molecule has 8 heteroatoms. The van der Waals surface area contributed by atoms with Gasteiger partial charge in [0.25, 0.3) is 5.91 Å². The highest BCUT2D eigenvalue weighted by molar-refractivity contribution is 7.18. The molecule has 27 heavy (non-hydrogen) atoms. The molecule has 0 saturated carbocycles. The van der Waals surface area contributed by atoms with Crippen molar-refractivity contribution in [3.63, 3.8) is 0 Å². The molecule has 0 saturated heterocycles. The molecule has 3 rings (SSSR count). The number of rotatable bonds is 7. The van der Waals surface area contributed by atoms with E-state index in [9.17, 15) is 4.79 Å². The number of nitrogens with zero attached hydrogens (tertiary/aromatic N) is 2. The van der Waals surface area contributed by atoms with Crippen LogP contribution in [0, 0.1) is 0 Å². The third kappa shape index (κ3) is 4.96. The molecule has 0 radical (unpaired) electrons. The second-order valence-electron chi connectivity index (χ2n) is 5.60. The first-order chi connectivity index (χ1) is 13.1. The molecule has 140 valence electrons. The molecule has 3 aromatic rings. The van der Waals surface area contributed by atoms with Crippen LogP contribution in [0.3, 0.4) is 0 Å².